The number of hydrogen-bond donors (Lipinski definition) is 4. The molecule has 652 valence electrons. The Morgan fingerprint density at radius 2 is 0.848 bits per heavy atom. The largest absolute Gasteiger partial charge is 0.494 e. The molecule has 12 aromatic rings. The van der Waals surface area contributed by atoms with Gasteiger partial charge < -0.3 is 19.5 Å². The Morgan fingerprint density at radius 1 is 0.432 bits per heavy atom. The Balaban J connectivity index is 0.000000182. The van der Waals surface area contributed by atoms with E-state index in [2.05, 4.69) is 47.8 Å². The lowest BCUT2D eigenvalue weighted by Crippen LogP contribution is -2.17. The Labute approximate surface area is 716 Å². The molecule has 0 saturated heterocycles. The monoisotopic (exact) mass is 1720 g/mol. The number of carbonyl (C=O) groups is 3. The zero-order valence-corrected chi connectivity index (χ0v) is 69.1. The molecule has 8 aromatic carbocycles. The number of aromatic amines is 3. The van der Waals surface area contributed by atoms with Gasteiger partial charge in [-0.15, -0.1) is 0 Å². The van der Waals surface area contributed by atoms with Gasteiger partial charge in [0.2, 0.25) is 23.7 Å². The van der Waals surface area contributed by atoms with Crippen molar-refractivity contribution in [2.45, 2.75) is 148 Å². The summed E-state index contributed by atoms with van der Waals surface area (Å²) in [6.07, 6.45) is 5.76. The summed E-state index contributed by atoms with van der Waals surface area (Å²) in [5.74, 6) is 0.0926. The number of fused-ring (bicyclic) bond motifs is 3. The molecule has 14 nitrogen and oxygen atoms in total. The van der Waals surface area contributed by atoms with Gasteiger partial charge in [-0.2, -0.15) is 68.0 Å². The van der Waals surface area contributed by atoms with Crippen LogP contribution in [0.1, 0.15) is 179 Å². The van der Waals surface area contributed by atoms with Gasteiger partial charge in [-0.25, -0.2) is 4.98 Å². The van der Waals surface area contributed by atoms with Crippen LogP contribution in [0.25, 0.3) is 66.1 Å². The molecule has 1 aliphatic rings. The summed E-state index contributed by atoms with van der Waals surface area (Å²) in [6, 6.07) is 56.6. The van der Waals surface area contributed by atoms with Crippen LogP contribution in [0.3, 0.4) is 0 Å². The lowest BCUT2D eigenvalue weighted by Gasteiger charge is -2.19. The van der Waals surface area contributed by atoms with E-state index >= 15 is 0 Å². The maximum absolute atomic E-state index is 14.4. The normalized spacial score (nSPS) is 13.6. The minimum Gasteiger partial charge on any atom is -0.494 e. The maximum Gasteiger partial charge on any atom is 0.393 e. The average Bonchev–Trinajstić information content (AvgIpc) is 1.76. The van der Waals surface area contributed by atoms with Crippen LogP contribution in [0.5, 0.6) is 17.4 Å². The summed E-state index contributed by atoms with van der Waals surface area (Å²) in [5.41, 5.74) is 7.39. The van der Waals surface area contributed by atoms with Crippen molar-refractivity contribution < 1.29 is 81.3 Å². The second-order valence-electron chi connectivity index (χ2n) is 29.9. The van der Waals surface area contributed by atoms with Crippen molar-refractivity contribution in [2.24, 2.45) is 0 Å². The number of ether oxygens (including phenoxy) is 3. The second kappa shape index (κ2) is 45.6. The number of allylic oxidation sites excluding steroid dienone is 8. The highest BCUT2D eigenvalue weighted by molar-refractivity contribution is 6.04. The van der Waals surface area contributed by atoms with Crippen LogP contribution in [-0.2, 0) is 14.4 Å². The van der Waals surface area contributed by atoms with Crippen LogP contribution in [-0.4, -0.2) is 104 Å². The fourth-order valence-electron chi connectivity index (χ4n) is 14.4. The quantitative estimate of drug-likeness (QED) is 0.0125. The molecule has 125 heavy (non-hydrogen) atoms. The molecule has 26 heteroatoms. The molecule has 1 fully saturated rings. The molecular weight excluding hydrogens is 1630 g/mol. The van der Waals surface area contributed by atoms with Gasteiger partial charge in [0.1, 0.15) is 11.5 Å². The number of benzene rings is 8. The summed E-state index contributed by atoms with van der Waals surface area (Å²) in [5, 5.41) is 22.3. The number of hydrogen-bond acceptors (Lipinski definition) is 11. The number of H-pyrrole nitrogens is 3. The zero-order chi connectivity index (χ0) is 88.7. The maximum atomic E-state index is 14.4. The molecule has 0 atom stereocenters. The number of halogens is 12. The summed E-state index contributed by atoms with van der Waals surface area (Å²) < 4.78 is 186. The van der Waals surface area contributed by atoms with E-state index in [1.165, 1.54) is 24.4 Å². The number of pyridine rings is 1. The Kier molecular flexibility index (Phi) is 33.9. The predicted octanol–water partition coefficient (Wildman–Crippen LogP) is 25.6. The highest BCUT2D eigenvalue weighted by Crippen LogP contribution is 2.45. The molecule has 0 amide bonds. The number of nitrogens with zero attached hydrogens (tertiary/aromatic N) is 4. The molecule has 4 aromatic heterocycles. The molecule has 0 bridgehead atoms. The third kappa shape index (κ3) is 28.2. The molecule has 0 radical (unpaired) electrons. The summed E-state index contributed by atoms with van der Waals surface area (Å²) in [7, 11) is 0. The number of nitrogens with one attached hydrogen (secondary N) is 4. The lowest BCUT2D eigenvalue weighted by atomic mass is 9.87. The van der Waals surface area contributed by atoms with Gasteiger partial charge in [-0.1, -0.05) is 172 Å². The average molecular weight is 1720 g/mol. The van der Waals surface area contributed by atoms with Crippen LogP contribution in [0.2, 0.25) is 0 Å². The van der Waals surface area contributed by atoms with Gasteiger partial charge in [-0.3, -0.25) is 29.7 Å². The first-order valence-corrected chi connectivity index (χ1v) is 41.6. The summed E-state index contributed by atoms with van der Waals surface area (Å²) in [4.78, 5) is 39.0. The van der Waals surface area contributed by atoms with Crippen molar-refractivity contribution in [1.29, 1.82) is 0 Å². The minimum atomic E-state index is -4.49. The molecule has 0 unspecified atom stereocenters. The SMILES string of the molecule is CCC(=O)/C=C/CNCCCOc1ccc(/C(=C(/CC(F)(F)F)c2ccccc2)c2ccc3n[nH]c(F)c3c2)cc1.CCCCC(=O)/C=C/CCCCCOc1ccc(C(=C(CC(F)(F)F)c2ccccc2)c2ccc3n[nH]c(F)c3c2)cc1.O=C1CCC/C1=C\CCCCOc1ccc(/C(=C(/CC(F)(F)F)c2ccccc2)c2ccc3n[nH]c(F)c3c2)cn1. The number of alkyl halides is 9. The fraction of sp³-hybridized carbons (Fsp3) is 0.283. The third-order valence-electron chi connectivity index (χ3n) is 20.6. The van der Waals surface area contributed by atoms with Gasteiger partial charge in [0.15, 0.2) is 17.3 Å². The van der Waals surface area contributed by atoms with E-state index in [0.717, 1.165) is 82.6 Å². The van der Waals surface area contributed by atoms with E-state index in [-0.39, 0.29) is 50.2 Å². The van der Waals surface area contributed by atoms with Crippen LogP contribution in [0.4, 0.5) is 52.7 Å². The molecule has 0 aliphatic heterocycles. The van der Waals surface area contributed by atoms with Gasteiger partial charge in [0.05, 0.1) is 71.8 Å². The highest BCUT2D eigenvalue weighted by atomic mass is 19.4. The van der Waals surface area contributed by atoms with Crippen molar-refractivity contribution in [3.8, 4) is 17.4 Å². The van der Waals surface area contributed by atoms with E-state index < -0.39 is 55.6 Å². The molecule has 13 rings (SSSR count). The van der Waals surface area contributed by atoms with Crippen molar-refractivity contribution in [1.82, 2.24) is 40.9 Å². The first-order chi connectivity index (χ1) is 60.3. The van der Waals surface area contributed by atoms with Crippen LogP contribution < -0.4 is 19.5 Å². The van der Waals surface area contributed by atoms with Crippen LogP contribution in [0, 0.1) is 17.8 Å². The van der Waals surface area contributed by atoms with E-state index in [1.54, 1.807) is 206 Å². The Morgan fingerprint density at radius 3 is 1.27 bits per heavy atom. The Hall–Kier alpha value is -12.7. The highest BCUT2D eigenvalue weighted by Gasteiger charge is 2.35. The number of Topliss-reactive ketones (excluding diaryl/α,β-unsaturated/α-hetero) is 1. The minimum absolute atomic E-state index is 0.0479. The van der Waals surface area contributed by atoms with Crippen LogP contribution in [0.15, 0.2) is 248 Å². The Bertz CT molecular complexity index is 5740. The standard InChI is InChI=1S/C35H36F4N2O2.C32H29F4N3O2.C32H31F4N3O2/c1-2-3-14-28(42)15-10-5-4-6-11-22-43-29-19-16-26(17-20-29)33(27-18-21-32-30(23-27)34(36)41-40-32)31(24-35(37,38)39)25-12-8-7-9-13-25;33-31-25-18-23(13-15-27(25)38-39-31)30(26(19-32(34,35)36)21-8-3-1-4-9-21)24-14-16-29(37-20-24)41-17-6-2-5-10-22-11-7-12-28(22)40;1-2-25(40)10-6-17-37-18-7-19-41-26-14-11-23(12-15-26)30(24-13-16-29-27(20-24)31(33)39-38-29)28(21-32(34,35)36)22-8-4-3-5-9-22/h7-10,12-13,15-21,23H,2-6,11,14,22,24H2,1H3,(H,40,41);1,3-4,8-10,13-16,18,20H,2,5-7,11-12,17,19H2,(H,38,39);3-6,8-16,20,37H,2,7,17-19,21H2,1H3,(H,38,39)/b15-10+,33-31?;22-10+,30-26-;10-6+,30-28+. The topological polar surface area (TPSA) is 190 Å². The van der Waals surface area contributed by atoms with Gasteiger partial charge >= 0.3 is 18.5 Å². The van der Waals surface area contributed by atoms with E-state index in [9.17, 15) is 67.1 Å². The number of carbonyl (C=O) groups excluding carboxylic acids is 3. The molecule has 0 spiro atoms. The van der Waals surface area contributed by atoms with Crippen molar-refractivity contribution in [2.75, 3.05) is 32.9 Å². The molecule has 1 saturated carbocycles. The second-order valence-corrected chi connectivity index (χ2v) is 29.9. The lowest BCUT2D eigenvalue weighted by molar-refractivity contribution is -0.123. The van der Waals surface area contributed by atoms with Gasteiger partial charge in [-0.05, 0) is 240 Å². The van der Waals surface area contributed by atoms with E-state index in [1.807, 2.05) is 19.1 Å². The van der Waals surface area contributed by atoms with Crippen molar-refractivity contribution in [3.63, 3.8) is 0 Å². The van der Waals surface area contributed by atoms with E-state index in [0.29, 0.717) is 153 Å². The van der Waals surface area contributed by atoms with Crippen LogP contribution >= 0.6 is 0 Å². The smallest absolute Gasteiger partial charge is 0.393 e. The third-order valence-corrected chi connectivity index (χ3v) is 20.6. The first-order valence-electron chi connectivity index (χ1n) is 41.6. The first kappa shape index (κ1) is 93.0. The number of ketones is 3. The molecule has 4 heterocycles. The number of rotatable bonds is 38. The van der Waals surface area contributed by atoms with Crippen molar-refractivity contribution in [3.05, 3.63) is 316 Å². The summed E-state index contributed by atoms with van der Waals surface area (Å²) in [6.45, 7) is 6.52. The van der Waals surface area contributed by atoms with Gasteiger partial charge in [0.25, 0.3) is 0 Å². The summed E-state index contributed by atoms with van der Waals surface area (Å²) >= 11 is 0. The zero-order valence-electron chi connectivity index (χ0n) is 69.1. The van der Waals surface area contributed by atoms with E-state index in [4.69, 9.17) is 14.2 Å². The number of aromatic nitrogens is 7. The van der Waals surface area contributed by atoms with Gasteiger partial charge in [0, 0.05) is 43.6 Å². The predicted molar refractivity (Wildman–Crippen MR) is 466 cm³/mol. The molecule has 1 aliphatic carbocycles. The fourth-order valence-corrected chi connectivity index (χ4v) is 14.4. The van der Waals surface area contributed by atoms with Crippen molar-refractivity contribution >= 4 is 83.5 Å². The number of unbranched alkanes of at least 4 members (excludes halogenated alkanes) is 6. The molecular formula is C99H96F12N8O6. The molecule has 4 N–H and O–H groups in total.